The lowest BCUT2D eigenvalue weighted by Gasteiger charge is -2.17. The summed E-state index contributed by atoms with van der Waals surface area (Å²) in [6, 6.07) is 14.5. The van der Waals surface area contributed by atoms with Crippen LogP contribution in [0, 0.1) is 0 Å². The van der Waals surface area contributed by atoms with Crippen LogP contribution in [0.2, 0.25) is 0 Å². The topological polar surface area (TPSA) is 97.6 Å². The van der Waals surface area contributed by atoms with Crippen molar-refractivity contribution in [1.82, 2.24) is 9.99 Å². The maximum absolute atomic E-state index is 12.3. The Morgan fingerprint density at radius 2 is 1.80 bits per heavy atom. The molecule has 0 aliphatic rings. The first-order valence-electron chi connectivity index (χ1n) is 6.03. The van der Waals surface area contributed by atoms with Gasteiger partial charge in [-0.15, -0.1) is 5.10 Å². The highest BCUT2D eigenvalue weighted by molar-refractivity contribution is 5.93. The molecule has 102 valence electrons. The van der Waals surface area contributed by atoms with Crippen LogP contribution in [0.3, 0.4) is 0 Å². The van der Waals surface area contributed by atoms with Gasteiger partial charge in [0.05, 0.1) is 6.54 Å². The molecule has 0 saturated heterocycles. The minimum absolute atomic E-state index is 0.176. The van der Waals surface area contributed by atoms with Gasteiger partial charge < -0.3 is 11.5 Å². The fourth-order valence-electron chi connectivity index (χ4n) is 1.67. The zero-order chi connectivity index (χ0) is 14.4. The number of amides is 1. The lowest BCUT2D eigenvalue weighted by Crippen LogP contribution is -2.33. The number of aromatic nitrogens is 1. The molecule has 2 rings (SSSR count). The van der Waals surface area contributed by atoms with E-state index in [9.17, 15) is 4.79 Å². The van der Waals surface area contributed by atoms with Crippen molar-refractivity contribution in [3.05, 3.63) is 66.0 Å². The van der Waals surface area contributed by atoms with Gasteiger partial charge in [0.1, 0.15) is 5.69 Å². The highest BCUT2D eigenvalue weighted by Crippen LogP contribution is 2.09. The van der Waals surface area contributed by atoms with Gasteiger partial charge in [-0.3, -0.25) is 9.78 Å². The standard InChI is InChI=1S/C14H15N5O/c15-14(16)18-19(10-11-6-2-1-3-7-11)13(20)12-8-4-5-9-17-12/h1-9H,10H2,(H4,15,16,18). The fraction of sp³-hybridized carbons (Fsp3) is 0.0714. The van der Waals surface area contributed by atoms with Gasteiger partial charge >= 0.3 is 0 Å². The van der Waals surface area contributed by atoms with Crippen molar-refractivity contribution in [2.24, 2.45) is 16.6 Å². The van der Waals surface area contributed by atoms with Gasteiger partial charge in [0.25, 0.3) is 5.91 Å². The van der Waals surface area contributed by atoms with Crippen LogP contribution in [0.4, 0.5) is 0 Å². The summed E-state index contributed by atoms with van der Waals surface area (Å²) in [6.07, 6.45) is 1.55. The van der Waals surface area contributed by atoms with Crippen LogP contribution in [0.5, 0.6) is 0 Å². The third-order valence-corrected chi connectivity index (χ3v) is 2.53. The molecule has 4 N–H and O–H groups in total. The number of carbonyl (C=O) groups is 1. The van der Waals surface area contributed by atoms with Crippen LogP contribution in [0.15, 0.2) is 59.8 Å². The summed E-state index contributed by atoms with van der Waals surface area (Å²) in [4.78, 5) is 16.3. The molecule has 0 saturated carbocycles. The molecular formula is C14H15N5O. The van der Waals surface area contributed by atoms with E-state index in [2.05, 4.69) is 10.1 Å². The summed E-state index contributed by atoms with van der Waals surface area (Å²) in [5.41, 5.74) is 12.0. The predicted octanol–water partition coefficient (Wildman–Crippen LogP) is 0.912. The van der Waals surface area contributed by atoms with Crippen molar-refractivity contribution in [3.63, 3.8) is 0 Å². The molecule has 2 aromatic rings. The van der Waals surface area contributed by atoms with Gasteiger partial charge in [0.15, 0.2) is 0 Å². The van der Waals surface area contributed by atoms with E-state index in [1.807, 2.05) is 30.3 Å². The normalized spacial score (nSPS) is 9.80. The summed E-state index contributed by atoms with van der Waals surface area (Å²) in [6.45, 7) is 0.272. The second-order valence-electron chi connectivity index (χ2n) is 4.09. The van der Waals surface area contributed by atoms with Crippen molar-refractivity contribution in [3.8, 4) is 0 Å². The van der Waals surface area contributed by atoms with E-state index in [0.717, 1.165) is 5.56 Å². The van der Waals surface area contributed by atoms with Crippen LogP contribution in [0.25, 0.3) is 0 Å². The summed E-state index contributed by atoms with van der Waals surface area (Å²) in [5, 5.41) is 5.07. The maximum Gasteiger partial charge on any atom is 0.292 e. The summed E-state index contributed by atoms with van der Waals surface area (Å²) in [7, 11) is 0. The molecular weight excluding hydrogens is 254 g/mol. The Bertz CT molecular complexity index is 593. The SMILES string of the molecule is NC(N)=NN(Cc1ccccc1)C(=O)c1ccccn1. The molecule has 0 atom stereocenters. The Hall–Kier alpha value is -2.89. The average Bonchev–Trinajstić information content (AvgIpc) is 2.47. The predicted molar refractivity (Wildman–Crippen MR) is 76.4 cm³/mol. The number of hydrazone groups is 1. The fourth-order valence-corrected chi connectivity index (χ4v) is 1.67. The zero-order valence-corrected chi connectivity index (χ0v) is 10.8. The van der Waals surface area contributed by atoms with Gasteiger partial charge in [-0.25, -0.2) is 5.01 Å². The van der Waals surface area contributed by atoms with Crippen LogP contribution in [-0.2, 0) is 6.54 Å². The molecule has 20 heavy (non-hydrogen) atoms. The van der Waals surface area contributed by atoms with Gasteiger partial charge in [0, 0.05) is 6.20 Å². The van der Waals surface area contributed by atoms with E-state index in [1.54, 1.807) is 24.4 Å². The van der Waals surface area contributed by atoms with Crippen LogP contribution >= 0.6 is 0 Å². The molecule has 6 heteroatoms. The molecule has 0 spiro atoms. The molecule has 1 aromatic carbocycles. The highest BCUT2D eigenvalue weighted by atomic mass is 16.2. The van der Waals surface area contributed by atoms with E-state index in [1.165, 1.54) is 5.01 Å². The van der Waals surface area contributed by atoms with Gasteiger partial charge in [-0.1, -0.05) is 36.4 Å². The van der Waals surface area contributed by atoms with E-state index in [0.29, 0.717) is 0 Å². The largest absolute Gasteiger partial charge is 0.369 e. The van der Waals surface area contributed by atoms with Crippen molar-refractivity contribution < 1.29 is 4.79 Å². The number of guanidine groups is 1. The first-order valence-corrected chi connectivity index (χ1v) is 6.03. The average molecular weight is 269 g/mol. The minimum Gasteiger partial charge on any atom is -0.369 e. The lowest BCUT2D eigenvalue weighted by molar-refractivity contribution is 0.0742. The molecule has 1 aromatic heterocycles. The van der Waals surface area contributed by atoms with Crippen molar-refractivity contribution >= 4 is 11.9 Å². The molecule has 0 aliphatic heterocycles. The molecule has 0 unspecified atom stereocenters. The van der Waals surface area contributed by atoms with E-state index in [-0.39, 0.29) is 24.1 Å². The van der Waals surface area contributed by atoms with Crippen LogP contribution in [0.1, 0.15) is 16.1 Å². The van der Waals surface area contributed by atoms with Crippen molar-refractivity contribution in [2.75, 3.05) is 0 Å². The molecule has 1 heterocycles. The Balaban J connectivity index is 2.24. The smallest absolute Gasteiger partial charge is 0.292 e. The van der Waals surface area contributed by atoms with E-state index in [4.69, 9.17) is 11.5 Å². The Morgan fingerprint density at radius 3 is 2.40 bits per heavy atom. The molecule has 0 aliphatic carbocycles. The molecule has 6 nitrogen and oxygen atoms in total. The number of rotatable bonds is 4. The van der Waals surface area contributed by atoms with E-state index < -0.39 is 0 Å². The third kappa shape index (κ3) is 3.55. The number of nitrogens with two attached hydrogens (primary N) is 2. The Kier molecular flexibility index (Phi) is 4.28. The first kappa shape index (κ1) is 13.5. The summed E-state index contributed by atoms with van der Waals surface area (Å²) < 4.78 is 0. The molecule has 0 fully saturated rings. The van der Waals surface area contributed by atoms with Crippen molar-refractivity contribution in [2.45, 2.75) is 6.54 Å². The van der Waals surface area contributed by atoms with Crippen molar-refractivity contribution in [1.29, 1.82) is 0 Å². The molecule has 1 amide bonds. The van der Waals surface area contributed by atoms with Gasteiger partial charge in [-0.2, -0.15) is 0 Å². The second-order valence-corrected chi connectivity index (χ2v) is 4.09. The number of benzene rings is 1. The van der Waals surface area contributed by atoms with Crippen LogP contribution < -0.4 is 11.5 Å². The minimum atomic E-state index is -0.358. The maximum atomic E-state index is 12.3. The number of hydrogen-bond acceptors (Lipinski definition) is 3. The summed E-state index contributed by atoms with van der Waals surface area (Å²) in [5.74, 6) is -0.534. The lowest BCUT2D eigenvalue weighted by atomic mass is 10.2. The number of nitrogens with zero attached hydrogens (tertiary/aromatic N) is 3. The Morgan fingerprint density at radius 1 is 1.10 bits per heavy atom. The molecule has 0 bridgehead atoms. The number of carbonyl (C=O) groups excluding carboxylic acids is 1. The second kappa shape index (κ2) is 6.33. The Labute approximate surface area is 116 Å². The third-order valence-electron chi connectivity index (χ3n) is 2.53. The summed E-state index contributed by atoms with van der Waals surface area (Å²) >= 11 is 0. The quantitative estimate of drug-likeness (QED) is 0.489. The van der Waals surface area contributed by atoms with Crippen LogP contribution in [-0.4, -0.2) is 21.9 Å². The highest BCUT2D eigenvalue weighted by Gasteiger charge is 2.16. The van der Waals surface area contributed by atoms with Gasteiger partial charge in [-0.05, 0) is 17.7 Å². The van der Waals surface area contributed by atoms with Gasteiger partial charge in [0.2, 0.25) is 5.96 Å². The monoisotopic (exact) mass is 269 g/mol. The zero-order valence-electron chi connectivity index (χ0n) is 10.8. The number of pyridine rings is 1. The first-order chi connectivity index (χ1) is 9.66. The molecule has 0 radical (unpaired) electrons. The number of hydrogen-bond donors (Lipinski definition) is 2. The van der Waals surface area contributed by atoms with E-state index >= 15 is 0 Å².